The van der Waals surface area contributed by atoms with Crippen molar-refractivity contribution in [2.24, 2.45) is 0 Å². The van der Waals surface area contributed by atoms with Crippen LogP contribution in [0.25, 0.3) is 10.8 Å². The normalized spacial score (nSPS) is 16.8. The Bertz CT molecular complexity index is 1080. The third-order valence-electron chi connectivity index (χ3n) is 4.68. The zero-order valence-electron chi connectivity index (χ0n) is 14.8. The van der Waals surface area contributed by atoms with Gasteiger partial charge in [-0.15, -0.1) is 0 Å². The van der Waals surface area contributed by atoms with Crippen molar-refractivity contribution in [2.45, 2.75) is 12.6 Å². The van der Waals surface area contributed by atoms with E-state index in [4.69, 9.17) is 4.74 Å². The molecule has 1 saturated heterocycles. The van der Waals surface area contributed by atoms with E-state index in [0.717, 1.165) is 16.3 Å². The maximum Gasteiger partial charge on any atom is 0.289 e. The number of ether oxygens (including phenoxy) is 1. The van der Waals surface area contributed by atoms with Crippen LogP contribution < -0.4 is 4.74 Å². The van der Waals surface area contributed by atoms with E-state index < -0.39 is 17.7 Å². The summed E-state index contributed by atoms with van der Waals surface area (Å²) in [6.45, 7) is -0.219. The maximum atomic E-state index is 13.7. The lowest BCUT2D eigenvalue weighted by molar-refractivity contribution is -0.113. The lowest BCUT2D eigenvalue weighted by Gasteiger charge is -2.18. The van der Waals surface area contributed by atoms with Gasteiger partial charge in [-0.05, 0) is 46.7 Å². The van der Waals surface area contributed by atoms with Gasteiger partial charge in [0.25, 0.3) is 5.24 Å². The molecule has 1 heterocycles. The Morgan fingerprint density at radius 2 is 1.68 bits per heavy atom. The van der Waals surface area contributed by atoms with Crippen LogP contribution >= 0.6 is 11.8 Å². The molecule has 0 N–H and O–H groups in total. The summed E-state index contributed by atoms with van der Waals surface area (Å²) in [4.78, 5) is 25.2. The summed E-state index contributed by atoms with van der Waals surface area (Å²) in [7, 11) is 1.61. The monoisotopic (exact) mass is 399 g/mol. The molecule has 7 heteroatoms. The van der Waals surface area contributed by atoms with Crippen LogP contribution in [0.1, 0.15) is 17.2 Å². The van der Waals surface area contributed by atoms with Crippen molar-refractivity contribution in [3.8, 4) is 5.75 Å². The first-order chi connectivity index (χ1) is 13.4. The minimum absolute atomic E-state index is 0.122. The lowest BCUT2D eigenvalue weighted by Crippen LogP contribution is -2.23. The lowest BCUT2D eigenvalue weighted by atomic mass is 10.0. The van der Waals surface area contributed by atoms with Gasteiger partial charge in [-0.3, -0.25) is 9.59 Å². The first kappa shape index (κ1) is 18.4. The number of likely N-dealkylation sites (N-methyl/N-ethyl adjacent to an activating group) is 1. The van der Waals surface area contributed by atoms with Crippen molar-refractivity contribution >= 4 is 32.9 Å². The molecule has 0 bridgehead atoms. The fourth-order valence-corrected chi connectivity index (χ4v) is 3.99. The Balaban J connectivity index is 1.57. The van der Waals surface area contributed by atoms with Gasteiger partial charge in [0, 0.05) is 18.8 Å². The van der Waals surface area contributed by atoms with Crippen molar-refractivity contribution < 1.29 is 23.1 Å². The van der Waals surface area contributed by atoms with Gasteiger partial charge in [-0.25, -0.2) is 8.78 Å². The average Bonchev–Trinajstić information content (AvgIpc) is 2.92. The smallest absolute Gasteiger partial charge is 0.289 e. The number of carbonyl (C=O) groups excluding carboxylic acids is 2. The van der Waals surface area contributed by atoms with E-state index in [9.17, 15) is 18.4 Å². The Labute approximate surface area is 164 Å². The Hall–Kier alpha value is -2.93. The molecule has 0 aromatic heterocycles. The Kier molecular flexibility index (Phi) is 4.77. The molecule has 4 nitrogen and oxygen atoms in total. The number of rotatable bonds is 4. The minimum atomic E-state index is -0.650. The van der Waals surface area contributed by atoms with Gasteiger partial charge >= 0.3 is 0 Å². The van der Waals surface area contributed by atoms with Crippen LogP contribution in [-0.4, -0.2) is 22.3 Å². The number of fused-ring (bicyclic) bond motifs is 1. The third kappa shape index (κ3) is 3.33. The number of amides is 1. The highest BCUT2D eigenvalue weighted by molar-refractivity contribution is 8.26. The number of thioether (sulfide) groups is 1. The van der Waals surface area contributed by atoms with E-state index in [1.165, 1.54) is 23.1 Å². The molecular weight excluding hydrogens is 384 g/mol. The Morgan fingerprint density at radius 3 is 2.36 bits per heavy atom. The molecule has 1 fully saturated rings. The van der Waals surface area contributed by atoms with Crippen molar-refractivity contribution in [3.05, 3.63) is 77.4 Å². The fourth-order valence-electron chi connectivity index (χ4n) is 3.16. The largest absolute Gasteiger partial charge is 0.489 e. The van der Waals surface area contributed by atoms with Crippen LogP contribution in [0, 0.1) is 11.6 Å². The molecule has 3 aromatic carbocycles. The topological polar surface area (TPSA) is 46.6 Å². The molecule has 1 unspecified atom stereocenters. The van der Waals surface area contributed by atoms with Crippen molar-refractivity contribution in [1.82, 2.24) is 4.90 Å². The molecule has 0 aliphatic carbocycles. The van der Waals surface area contributed by atoms with Crippen LogP contribution in [0.2, 0.25) is 0 Å². The number of halogens is 2. The van der Waals surface area contributed by atoms with Gasteiger partial charge in [0.15, 0.2) is 0 Å². The summed E-state index contributed by atoms with van der Waals surface area (Å²) in [5, 5.41) is 1.26. The molecule has 1 atom stereocenters. The van der Waals surface area contributed by atoms with Gasteiger partial charge in [-0.1, -0.05) is 24.3 Å². The molecule has 1 amide bonds. The maximum absolute atomic E-state index is 13.7. The van der Waals surface area contributed by atoms with Crippen LogP contribution in [0.5, 0.6) is 5.75 Å². The fraction of sp³-hybridized carbons (Fsp3) is 0.143. The molecule has 0 radical (unpaired) electrons. The van der Waals surface area contributed by atoms with Gasteiger partial charge in [0.05, 0.1) is 5.56 Å². The highest BCUT2D eigenvalue weighted by Crippen LogP contribution is 2.36. The number of benzene rings is 3. The zero-order chi connectivity index (χ0) is 19.8. The molecule has 1 aliphatic rings. The number of nitrogens with zero attached hydrogens (tertiary/aromatic N) is 1. The second kappa shape index (κ2) is 7.24. The molecule has 28 heavy (non-hydrogen) atoms. The standard InChI is InChI=1S/C21H15F2NO3S/c1-24-19(20(25)28-21(24)26)14-6-5-13-10-15(8-7-12(13)9-14)27-11-16-17(22)3-2-4-18(16)23/h2-10,19H,11H2,1H3. The summed E-state index contributed by atoms with van der Waals surface area (Å²) >= 11 is 0.713. The van der Waals surface area contributed by atoms with E-state index in [1.54, 1.807) is 31.3 Å². The van der Waals surface area contributed by atoms with E-state index >= 15 is 0 Å². The SMILES string of the molecule is CN1C(=O)SC(=O)C1c1ccc2cc(OCc3c(F)cccc3F)ccc2c1. The summed E-state index contributed by atoms with van der Waals surface area (Å²) < 4.78 is 33.0. The van der Waals surface area contributed by atoms with Crippen molar-refractivity contribution in [1.29, 1.82) is 0 Å². The second-order valence-electron chi connectivity index (χ2n) is 6.46. The number of carbonyl (C=O) groups is 2. The third-order valence-corrected chi connectivity index (χ3v) is 5.57. The predicted molar refractivity (Wildman–Crippen MR) is 103 cm³/mol. The molecule has 3 aromatic rings. The summed E-state index contributed by atoms with van der Waals surface area (Å²) in [5.41, 5.74) is 0.614. The highest BCUT2D eigenvalue weighted by atomic mass is 32.2. The molecular formula is C21H15F2NO3S. The van der Waals surface area contributed by atoms with Gasteiger partial charge in [-0.2, -0.15) is 0 Å². The van der Waals surface area contributed by atoms with E-state index in [0.29, 0.717) is 17.5 Å². The first-order valence-corrected chi connectivity index (χ1v) is 9.33. The summed E-state index contributed by atoms with van der Waals surface area (Å²) in [5.74, 6) is -0.825. The molecule has 1 aliphatic heterocycles. The van der Waals surface area contributed by atoms with Crippen LogP contribution in [0.4, 0.5) is 13.6 Å². The van der Waals surface area contributed by atoms with Gasteiger partial charge in [0.1, 0.15) is 30.0 Å². The quantitative estimate of drug-likeness (QED) is 0.615. The molecule has 0 spiro atoms. The van der Waals surface area contributed by atoms with Gasteiger partial charge < -0.3 is 9.64 Å². The zero-order valence-corrected chi connectivity index (χ0v) is 15.6. The second-order valence-corrected chi connectivity index (χ2v) is 7.41. The predicted octanol–water partition coefficient (Wildman–Crippen LogP) is 5.06. The summed E-state index contributed by atoms with van der Waals surface area (Å²) in [6.07, 6.45) is 0. The van der Waals surface area contributed by atoms with Crippen LogP contribution in [-0.2, 0) is 11.4 Å². The minimum Gasteiger partial charge on any atom is -0.489 e. The summed E-state index contributed by atoms with van der Waals surface area (Å²) in [6, 6.07) is 13.8. The van der Waals surface area contributed by atoms with E-state index in [-0.39, 0.29) is 22.5 Å². The molecule has 4 rings (SSSR count). The van der Waals surface area contributed by atoms with Gasteiger partial charge in [0.2, 0.25) is 5.12 Å². The molecule has 142 valence electrons. The van der Waals surface area contributed by atoms with E-state index in [2.05, 4.69) is 0 Å². The van der Waals surface area contributed by atoms with Crippen LogP contribution in [0.15, 0.2) is 54.6 Å². The highest BCUT2D eigenvalue weighted by Gasteiger charge is 2.38. The Morgan fingerprint density at radius 1 is 1.00 bits per heavy atom. The first-order valence-electron chi connectivity index (χ1n) is 8.52. The van der Waals surface area contributed by atoms with Crippen LogP contribution in [0.3, 0.4) is 0 Å². The molecule has 0 saturated carbocycles. The van der Waals surface area contributed by atoms with Crippen molar-refractivity contribution in [3.63, 3.8) is 0 Å². The number of hydrogen-bond donors (Lipinski definition) is 0. The number of hydrogen-bond acceptors (Lipinski definition) is 4. The van der Waals surface area contributed by atoms with E-state index in [1.807, 2.05) is 12.1 Å². The van der Waals surface area contributed by atoms with Crippen molar-refractivity contribution in [2.75, 3.05) is 7.05 Å². The average molecular weight is 399 g/mol.